The van der Waals surface area contributed by atoms with Gasteiger partial charge in [0.1, 0.15) is 0 Å². The summed E-state index contributed by atoms with van der Waals surface area (Å²) in [6.45, 7) is 0. The first-order valence-electron chi connectivity index (χ1n) is 2.09. The molecule has 0 radical (unpaired) electrons. The third-order valence-corrected chi connectivity index (χ3v) is 0.279. The number of rotatable bonds is 0. The number of hydrogen-bond donors (Lipinski definition) is 3. The van der Waals surface area contributed by atoms with E-state index in [-0.39, 0.29) is 0 Å². The lowest BCUT2D eigenvalue weighted by Gasteiger charge is -1.95. The lowest BCUT2D eigenvalue weighted by Crippen LogP contribution is -2.30. The van der Waals surface area contributed by atoms with Crippen molar-refractivity contribution < 1.29 is 22.8 Å². The third-order valence-electron chi connectivity index (χ3n) is 0.279. The zero-order chi connectivity index (χ0) is 9.65. The van der Waals surface area contributed by atoms with Gasteiger partial charge in [-0.3, -0.25) is 4.79 Å². The molecule has 8 heteroatoms. The Bertz CT molecular complexity index is 150. The van der Waals surface area contributed by atoms with Crippen molar-refractivity contribution in [2.45, 2.75) is 6.18 Å². The van der Waals surface area contributed by atoms with E-state index < -0.39 is 18.1 Å². The molecule has 0 bridgehead atoms. The van der Waals surface area contributed by atoms with Gasteiger partial charge in [-0.05, 0) is 0 Å². The number of hydrogen-bond acceptors (Lipinski definition) is 2. The molecule has 0 rings (SSSR count). The van der Waals surface area contributed by atoms with Gasteiger partial charge in [-0.1, -0.05) is 0 Å². The molecule has 0 aromatic rings. The minimum Gasteiger partial charge on any atom is -0.362 e. The van der Waals surface area contributed by atoms with Crippen LogP contribution in [0, 0.1) is 0 Å². The molecule has 0 unspecified atom stereocenters. The molecule has 5 nitrogen and oxygen atoms in total. The fraction of sp³-hybridized carbons (Fsp3) is 0.333. The summed E-state index contributed by atoms with van der Waals surface area (Å²) in [5, 5.41) is 0. The topological polar surface area (TPSA) is 112 Å². The van der Waals surface area contributed by atoms with Gasteiger partial charge in [0, 0.05) is 0 Å². The van der Waals surface area contributed by atoms with Gasteiger partial charge in [-0.2, -0.15) is 13.2 Å². The third kappa shape index (κ3) is 17.7. The van der Waals surface area contributed by atoms with E-state index in [0.29, 0.717) is 0 Å². The number of carbonyl (C=O) groups excluding carboxylic acids is 2. The van der Waals surface area contributed by atoms with Crippen LogP contribution in [-0.2, 0) is 4.79 Å². The van der Waals surface area contributed by atoms with Gasteiger partial charge in [0.15, 0.2) is 0 Å². The summed E-state index contributed by atoms with van der Waals surface area (Å²) >= 11 is 0. The molecule has 0 aromatic carbocycles. The molecule has 0 aromatic heterocycles. The number of alkyl halides is 3. The first-order valence-corrected chi connectivity index (χ1v) is 2.09. The zero-order valence-corrected chi connectivity index (χ0v) is 5.18. The van der Waals surface area contributed by atoms with Gasteiger partial charge >= 0.3 is 18.1 Å². The molecule has 0 heterocycles. The SMILES string of the molecule is NC(=O)C(F)(F)F.NC(N)=O. The highest BCUT2D eigenvalue weighted by atomic mass is 19.4. The van der Waals surface area contributed by atoms with Crippen molar-refractivity contribution in [1.29, 1.82) is 0 Å². The fourth-order valence-electron chi connectivity index (χ4n) is 0. The molecule has 0 atom stereocenters. The van der Waals surface area contributed by atoms with Crippen molar-refractivity contribution >= 4 is 11.9 Å². The van der Waals surface area contributed by atoms with Crippen LogP contribution in [0.15, 0.2) is 0 Å². The summed E-state index contributed by atoms with van der Waals surface area (Å²) in [6, 6.07) is -0.833. The molecular weight excluding hydrogens is 167 g/mol. The average molecular weight is 173 g/mol. The number of primary amides is 3. The number of nitrogens with two attached hydrogens (primary N) is 3. The lowest BCUT2D eigenvalue weighted by atomic mass is 10.6. The first kappa shape index (κ1) is 12.2. The van der Waals surface area contributed by atoms with Crippen molar-refractivity contribution in [1.82, 2.24) is 0 Å². The largest absolute Gasteiger partial charge is 0.470 e. The Labute approximate surface area is 59.3 Å². The summed E-state index contributed by atoms with van der Waals surface area (Å²) < 4.78 is 32.1. The van der Waals surface area contributed by atoms with Gasteiger partial charge in [0.2, 0.25) is 0 Å². The summed E-state index contributed by atoms with van der Waals surface area (Å²) in [5.41, 5.74) is 12.3. The number of urea groups is 1. The maximum absolute atomic E-state index is 10.7. The van der Waals surface area contributed by atoms with Crippen LogP contribution >= 0.6 is 0 Å². The number of carbonyl (C=O) groups is 2. The van der Waals surface area contributed by atoms with E-state index in [1.165, 1.54) is 0 Å². The van der Waals surface area contributed by atoms with Gasteiger partial charge in [-0.25, -0.2) is 4.79 Å². The van der Waals surface area contributed by atoms with Crippen LogP contribution in [0.25, 0.3) is 0 Å². The monoisotopic (exact) mass is 173 g/mol. The van der Waals surface area contributed by atoms with Crippen LogP contribution in [-0.4, -0.2) is 18.1 Å². The van der Waals surface area contributed by atoms with E-state index >= 15 is 0 Å². The molecule has 0 fully saturated rings. The zero-order valence-electron chi connectivity index (χ0n) is 5.18. The van der Waals surface area contributed by atoms with Crippen molar-refractivity contribution in [3.05, 3.63) is 0 Å². The fourth-order valence-corrected chi connectivity index (χ4v) is 0. The van der Waals surface area contributed by atoms with Crippen molar-refractivity contribution in [2.24, 2.45) is 17.2 Å². The lowest BCUT2D eigenvalue weighted by molar-refractivity contribution is -0.169. The maximum atomic E-state index is 10.7. The van der Waals surface area contributed by atoms with Crippen LogP contribution in [0.2, 0.25) is 0 Å². The molecule has 66 valence electrons. The van der Waals surface area contributed by atoms with Crippen LogP contribution < -0.4 is 17.2 Å². The Kier molecular flexibility index (Phi) is 4.85. The predicted octanol–water partition coefficient (Wildman–Crippen LogP) is -0.942. The minimum absolute atomic E-state index is 0.833. The molecule has 0 saturated heterocycles. The second kappa shape index (κ2) is 4.36. The highest BCUT2D eigenvalue weighted by Gasteiger charge is 2.35. The van der Waals surface area contributed by atoms with Crippen molar-refractivity contribution in [2.75, 3.05) is 0 Å². The molecule has 0 saturated carbocycles. The van der Waals surface area contributed by atoms with Crippen LogP contribution in [0.3, 0.4) is 0 Å². The molecule has 0 aliphatic heterocycles. The van der Waals surface area contributed by atoms with Crippen LogP contribution in [0.1, 0.15) is 0 Å². The normalized spacial score (nSPS) is 9.36. The molecular formula is C3H6F3N3O2. The van der Waals surface area contributed by atoms with Crippen molar-refractivity contribution in [3.8, 4) is 0 Å². The summed E-state index contributed by atoms with van der Waals surface area (Å²) in [5.74, 6) is -2.26. The number of amides is 3. The first-order chi connectivity index (χ1) is 4.68. The Morgan fingerprint density at radius 1 is 1.00 bits per heavy atom. The van der Waals surface area contributed by atoms with E-state index in [0.717, 1.165) is 0 Å². The smallest absolute Gasteiger partial charge is 0.362 e. The van der Waals surface area contributed by atoms with Gasteiger partial charge < -0.3 is 17.2 Å². The van der Waals surface area contributed by atoms with Crippen molar-refractivity contribution in [3.63, 3.8) is 0 Å². The van der Waals surface area contributed by atoms with Gasteiger partial charge in [0.25, 0.3) is 0 Å². The second-order valence-corrected chi connectivity index (χ2v) is 1.26. The highest BCUT2D eigenvalue weighted by Crippen LogP contribution is 2.11. The van der Waals surface area contributed by atoms with Gasteiger partial charge in [0.05, 0.1) is 0 Å². The van der Waals surface area contributed by atoms with E-state index in [9.17, 15) is 13.2 Å². The average Bonchev–Trinajstić information content (AvgIpc) is 1.59. The quantitative estimate of drug-likeness (QED) is 0.438. The Balaban J connectivity index is 0. The molecule has 6 N–H and O–H groups in total. The Morgan fingerprint density at radius 3 is 1.09 bits per heavy atom. The van der Waals surface area contributed by atoms with Crippen LogP contribution in [0.4, 0.5) is 18.0 Å². The van der Waals surface area contributed by atoms with E-state index in [4.69, 9.17) is 9.59 Å². The maximum Gasteiger partial charge on any atom is 0.470 e. The number of halogens is 3. The standard InChI is InChI=1S/C2H2F3NO.CH4N2O/c3-2(4,5)1(6)7;2-1(3)4/h(H2,6,7);(H4,2,3,4). The molecule has 3 amide bonds. The highest BCUT2D eigenvalue weighted by molar-refractivity contribution is 5.79. The van der Waals surface area contributed by atoms with E-state index in [2.05, 4.69) is 17.2 Å². The second-order valence-electron chi connectivity index (χ2n) is 1.26. The predicted molar refractivity (Wildman–Crippen MR) is 29.0 cm³/mol. The molecule has 0 aliphatic carbocycles. The molecule has 11 heavy (non-hydrogen) atoms. The summed E-state index contributed by atoms with van der Waals surface area (Å²) in [7, 11) is 0. The molecule has 0 aliphatic rings. The Hall–Kier alpha value is -1.47. The Morgan fingerprint density at radius 2 is 1.09 bits per heavy atom. The minimum atomic E-state index is -4.86. The van der Waals surface area contributed by atoms with Gasteiger partial charge in [-0.15, -0.1) is 0 Å². The van der Waals surface area contributed by atoms with Crippen LogP contribution in [0.5, 0.6) is 0 Å². The summed E-state index contributed by atoms with van der Waals surface area (Å²) in [6.07, 6.45) is -4.86. The summed E-state index contributed by atoms with van der Waals surface area (Å²) in [4.78, 5) is 18.1. The van der Waals surface area contributed by atoms with E-state index in [1.807, 2.05) is 0 Å². The molecule has 0 spiro atoms. The van der Waals surface area contributed by atoms with E-state index in [1.54, 1.807) is 0 Å².